The number of hydrogen-bond acceptors (Lipinski definition) is 6. The van der Waals surface area contributed by atoms with Crippen molar-refractivity contribution in [3.63, 3.8) is 0 Å². The maximum Gasteiger partial charge on any atom is 0.295 e. The van der Waals surface area contributed by atoms with E-state index in [0.29, 0.717) is 11.1 Å². The third-order valence-electron chi connectivity index (χ3n) is 3.62. The normalized spacial score (nSPS) is 11.1. The monoisotopic (exact) mass is 400 g/mol. The van der Waals surface area contributed by atoms with Crippen molar-refractivity contribution in [1.82, 2.24) is 0 Å². The molecule has 0 unspecified atom stereocenters. The van der Waals surface area contributed by atoms with Crippen molar-refractivity contribution in [3.05, 3.63) is 57.6 Å². The third kappa shape index (κ3) is 6.39. The lowest BCUT2D eigenvalue weighted by atomic mass is 10.1. The summed E-state index contributed by atoms with van der Waals surface area (Å²) in [4.78, 5) is 0.998. The van der Waals surface area contributed by atoms with Crippen LogP contribution < -0.4 is 0 Å². The largest absolute Gasteiger partial charge is 0.295 e. The van der Waals surface area contributed by atoms with Gasteiger partial charge in [-0.05, 0) is 63.8 Å². The quantitative estimate of drug-likeness (QED) is 0.326. The lowest BCUT2D eigenvalue weighted by Crippen LogP contribution is -2.04. The van der Waals surface area contributed by atoms with Crippen molar-refractivity contribution in [2.75, 3.05) is 0 Å². The van der Waals surface area contributed by atoms with Crippen LogP contribution in [0.1, 0.15) is 33.4 Å². The molecule has 0 saturated carbocycles. The molecule has 0 atom stereocenters. The van der Waals surface area contributed by atoms with Crippen molar-refractivity contribution in [2.24, 2.45) is 0 Å². The molecule has 2 aromatic carbocycles. The SMILES string of the molecule is Cc1cc(C)c(S(=O)(=O)O)c(C)c1.Cc1cc(C)c(SOOO)c(C)c1. The average Bonchev–Trinajstić information content (AvgIpc) is 2.44. The second-order valence-electron chi connectivity index (χ2n) is 6.16. The summed E-state index contributed by atoms with van der Waals surface area (Å²) in [5, 5.41) is 11.6. The summed E-state index contributed by atoms with van der Waals surface area (Å²) >= 11 is 1.01. The second-order valence-corrected chi connectivity index (χ2v) is 8.23. The van der Waals surface area contributed by atoms with E-state index in [4.69, 9.17) is 9.81 Å². The van der Waals surface area contributed by atoms with Crippen LogP contribution in [0.3, 0.4) is 0 Å². The molecular weight excluding hydrogens is 376 g/mol. The Morgan fingerprint density at radius 3 is 1.54 bits per heavy atom. The van der Waals surface area contributed by atoms with E-state index in [1.54, 1.807) is 26.0 Å². The molecule has 0 saturated heterocycles. The molecule has 144 valence electrons. The van der Waals surface area contributed by atoms with Crippen LogP contribution in [0.15, 0.2) is 34.1 Å². The highest BCUT2D eigenvalue weighted by molar-refractivity contribution is 7.94. The maximum atomic E-state index is 10.9. The fourth-order valence-corrected chi connectivity index (χ4v) is 4.33. The van der Waals surface area contributed by atoms with Crippen molar-refractivity contribution >= 4 is 22.2 Å². The molecule has 0 fully saturated rings. The maximum absolute atomic E-state index is 10.9. The molecule has 26 heavy (non-hydrogen) atoms. The van der Waals surface area contributed by atoms with Gasteiger partial charge in [0.25, 0.3) is 10.1 Å². The molecule has 0 radical (unpaired) electrons. The summed E-state index contributed by atoms with van der Waals surface area (Å²) < 4.78 is 35.2. The van der Waals surface area contributed by atoms with Gasteiger partial charge < -0.3 is 0 Å². The topological polar surface area (TPSA) is 93.1 Å². The Hall–Kier alpha value is -1.42. The molecule has 2 rings (SSSR count). The van der Waals surface area contributed by atoms with Crippen LogP contribution in [0.5, 0.6) is 0 Å². The van der Waals surface area contributed by atoms with Crippen LogP contribution in [0.4, 0.5) is 0 Å². The molecule has 0 aliphatic rings. The summed E-state index contributed by atoms with van der Waals surface area (Å²) in [6.07, 6.45) is 0. The summed E-state index contributed by atoms with van der Waals surface area (Å²) in [5.41, 5.74) is 5.59. The molecular formula is C18H24O6S2. The lowest BCUT2D eigenvalue weighted by molar-refractivity contribution is -0.432. The smallest absolute Gasteiger partial charge is 0.282 e. The van der Waals surface area contributed by atoms with E-state index in [1.165, 1.54) is 5.56 Å². The third-order valence-corrected chi connectivity index (χ3v) is 5.71. The van der Waals surface area contributed by atoms with Crippen LogP contribution in [-0.2, 0) is 19.5 Å². The Morgan fingerprint density at radius 1 is 0.808 bits per heavy atom. The Bertz CT molecular complexity index is 829. The highest BCUT2D eigenvalue weighted by Gasteiger charge is 2.16. The number of hydrogen-bond donors (Lipinski definition) is 2. The van der Waals surface area contributed by atoms with Gasteiger partial charge in [-0.1, -0.05) is 40.4 Å². The lowest BCUT2D eigenvalue weighted by Gasteiger charge is -2.07. The highest BCUT2D eigenvalue weighted by Crippen LogP contribution is 2.28. The first-order valence-corrected chi connectivity index (χ1v) is 9.93. The van der Waals surface area contributed by atoms with Crippen LogP contribution in [0.2, 0.25) is 0 Å². The van der Waals surface area contributed by atoms with Gasteiger partial charge in [0.05, 0.1) is 16.9 Å². The van der Waals surface area contributed by atoms with E-state index >= 15 is 0 Å². The summed E-state index contributed by atoms with van der Waals surface area (Å²) in [6.45, 7) is 11.2. The van der Waals surface area contributed by atoms with Crippen LogP contribution in [-0.4, -0.2) is 18.2 Å². The number of aryl methyl sites for hydroxylation is 6. The van der Waals surface area contributed by atoms with E-state index in [-0.39, 0.29) is 4.90 Å². The molecule has 6 nitrogen and oxygen atoms in total. The molecule has 8 heteroatoms. The van der Waals surface area contributed by atoms with Gasteiger partial charge in [0.2, 0.25) is 0 Å². The van der Waals surface area contributed by atoms with Gasteiger partial charge in [0, 0.05) is 4.90 Å². The predicted octanol–water partition coefficient (Wildman–Crippen LogP) is 4.90. The molecule has 0 amide bonds. The first-order chi connectivity index (χ1) is 12.0. The Balaban J connectivity index is 0.000000260. The average molecular weight is 401 g/mol. The molecule has 0 heterocycles. The van der Waals surface area contributed by atoms with Gasteiger partial charge in [-0.2, -0.15) is 8.42 Å². The van der Waals surface area contributed by atoms with Crippen LogP contribution in [0.25, 0.3) is 0 Å². The minimum Gasteiger partial charge on any atom is -0.282 e. The van der Waals surface area contributed by atoms with E-state index in [0.717, 1.165) is 33.6 Å². The standard InChI is InChI=1S/2C9H12O3S/c1-6-4-7(2)9(8(3)5-6)13(10,11)12;1-6-4-7(2)9(8(3)5-6)13-12-11-10/h4-5H,1-3H3,(H,10,11,12);4-5,10H,1-3H3. The fourth-order valence-electron chi connectivity index (χ4n) is 2.92. The second kappa shape index (κ2) is 9.50. The molecule has 0 aliphatic heterocycles. The zero-order valence-electron chi connectivity index (χ0n) is 15.7. The molecule has 2 N–H and O–H groups in total. The Kier molecular flexibility index (Phi) is 8.26. The minimum absolute atomic E-state index is 0.0260. The van der Waals surface area contributed by atoms with Crippen LogP contribution >= 0.6 is 12.0 Å². The molecule has 0 spiro atoms. The van der Waals surface area contributed by atoms with Crippen molar-refractivity contribution in [3.8, 4) is 0 Å². The first-order valence-electron chi connectivity index (χ1n) is 7.75. The highest BCUT2D eigenvalue weighted by atomic mass is 32.2. The van der Waals surface area contributed by atoms with Gasteiger partial charge in [-0.3, -0.25) is 4.55 Å². The van der Waals surface area contributed by atoms with Crippen molar-refractivity contribution < 1.29 is 27.6 Å². The molecule has 0 bridgehead atoms. The molecule has 0 aromatic heterocycles. The van der Waals surface area contributed by atoms with E-state index in [9.17, 15) is 8.42 Å². The van der Waals surface area contributed by atoms with Crippen LogP contribution in [0, 0.1) is 41.5 Å². The summed E-state index contributed by atoms with van der Waals surface area (Å²) in [7, 11) is -4.08. The van der Waals surface area contributed by atoms with E-state index in [1.807, 2.05) is 27.7 Å². The Morgan fingerprint density at radius 2 is 1.19 bits per heavy atom. The van der Waals surface area contributed by atoms with Gasteiger partial charge in [0.1, 0.15) is 0 Å². The number of benzene rings is 2. The van der Waals surface area contributed by atoms with Gasteiger partial charge in [-0.15, -0.1) is 4.33 Å². The molecule has 0 aliphatic carbocycles. The van der Waals surface area contributed by atoms with Crippen molar-refractivity contribution in [2.45, 2.75) is 51.3 Å². The molecule has 2 aromatic rings. The fraction of sp³-hybridized carbons (Fsp3) is 0.333. The number of rotatable bonds is 4. The zero-order valence-corrected chi connectivity index (χ0v) is 17.3. The predicted molar refractivity (Wildman–Crippen MR) is 102 cm³/mol. The minimum atomic E-state index is -4.08. The van der Waals surface area contributed by atoms with E-state index < -0.39 is 10.1 Å². The zero-order chi connectivity index (χ0) is 20.1. The summed E-state index contributed by atoms with van der Waals surface area (Å²) in [5.74, 6) is 0. The van der Waals surface area contributed by atoms with Gasteiger partial charge >= 0.3 is 0 Å². The Labute approximate surface area is 159 Å². The van der Waals surface area contributed by atoms with E-state index in [2.05, 4.69) is 21.5 Å². The van der Waals surface area contributed by atoms with Gasteiger partial charge in [-0.25, -0.2) is 5.26 Å². The van der Waals surface area contributed by atoms with Gasteiger partial charge in [0.15, 0.2) is 0 Å². The summed E-state index contributed by atoms with van der Waals surface area (Å²) in [6, 6.07) is 7.57. The first kappa shape index (κ1) is 22.6. The van der Waals surface area contributed by atoms with Crippen molar-refractivity contribution in [1.29, 1.82) is 0 Å².